The van der Waals surface area contributed by atoms with E-state index in [1.807, 2.05) is 0 Å². The minimum atomic E-state index is -3.32. The summed E-state index contributed by atoms with van der Waals surface area (Å²) in [4.78, 5) is 9.71. The number of hydrogen-bond acceptors (Lipinski definition) is 6. The maximum atomic E-state index is 9.71. The number of nitrogens with one attached hydrogen (secondary N) is 1. The average Bonchev–Trinajstić information content (AvgIpc) is 1.88. The van der Waals surface area contributed by atoms with E-state index < -0.39 is 17.9 Å². The van der Waals surface area contributed by atoms with Crippen molar-refractivity contribution in [2.75, 3.05) is 0 Å². The van der Waals surface area contributed by atoms with Gasteiger partial charge < -0.3 is 25.8 Å². The highest BCUT2D eigenvalue weighted by Gasteiger charge is 2.45. The van der Waals surface area contributed by atoms with E-state index in [4.69, 9.17) is 25.8 Å². The maximum Gasteiger partial charge on any atom is 0.282 e. The third-order valence-corrected chi connectivity index (χ3v) is 0.907. The largest absolute Gasteiger partial charge is 0.357 e. The first-order valence-corrected chi connectivity index (χ1v) is 2.25. The molecule has 0 spiro atoms. The molecule has 0 fully saturated rings. The molecule has 0 saturated heterocycles. The van der Waals surface area contributed by atoms with Crippen LogP contribution in [0.4, 0.5) is 0 Å². The zero-order chi connectivity index (χ0) is 8.41. The fourth-order valence-electron chi connectivity index (χ4n) is 0.193. The van der Waals surface area contributed by atoms with Crippen LogP contribution in [0.3, 0.4) is 0 Å². The Morgan fingerprint density at radius 1 is 1.10 bits per heavy atom. The van der Waals surface area contributed by atoms with E-state index in [2.05, 4.69) is 0 Å². The predicted molar refractivity (Wildman–Crippen MR) is 29.2 cm³/mol. The van der Waals surface area contributed by atoms with Crippen molar-refractivity contribution in [1.29, 1.82) is 5.41 Å². The number of carbonyl (C=O) groups is 1. The summed E-state index contributed by atoms with van der Waals surface area (Å²) in [6, 6.07) is 0. The van der Waals surface area contributed by atoms with Gasteiger partial charge in [-0.3, -0.25) is 4.79 Å². The molecule has 6 nitrogen and oxygen atoms in total. The van der Waals surface area contributed by atoms with Crippen LogP contribution in [0.5, 0.6) is 0 Å². The fraction of sp³-hybridized carbons (Fsp3) is 0.500. The summed E-state index contributed by atoms with van der Waals surface area (Å²) in [5, 5.41) is 39.9. The van der Waals surface area contributed by atoms with Crippen LogP contribution in [0.25, 0.3) is 0 Å². The molecule has 0 aromatic heterocycles. The maximum absolute atomic E-state index is 9.71. The lowest BCUT2D eigenvalue weighted by Gasteiger charge is -2.25. The molecule has 10 heavy (non-hydrogen) atoms. The summed E-state index contributed by atoms with van der Waals surface area (Å²) >= 11 is 0. The summed E-state index contributed by atoms with van der Waals surface area (Å²) in [7, 11) is 0. The van der Waals surface area contributed by atoms with Crippen molar-refractivity contribution in [3.8, 4) is 0 Å². The normalized spacial score (nSPS) is 12.8. The Labute approximate surface area is 55.9 Å². The van der Waals surface area contributed by atoms with Crippen LogP contribution < -0.4 is 0 Å². The van der Waals surface area contributed by atoms with Gasteiger partial charge in [-0.1, -0.05) is 0 Å². The molecule has 0 saturated carbocycles. The predicted octanol–water partition coefficient (Wildman–Crippen LogP) is -2.80. The third kappa shape index (κ3) is 1.36. The van der Waals surface area contributed by atoms with Gasteiger partial charge in [0.1, 0.15) is 0 Å². The topological polar surface area (TPSA) is 122 Å². The van der Waals surface area contributed by atoms with Crippen molar-refractivity contribution >= 4 is 12.5 Å². The summed E-state index contributed by atoms with van der Waals surface area (Å²) in [6.45, 7) is 0. The molecule has 6 heteroatoms. The van der Waals surface area contributed by atoms with Gasteiger partial charge in [0.15, 0.2) is 6.29 Å². The molecule has 0 amide bonds. The van der Waals surface area contributed by atoms with E-state index in [0.717, 1.165) is 0 Å². The van der Waals surface area contributed by atoms with Crippen LogP contribution in [0, 0.1) is 5.41 Å². The third-order valence-electron chi connectivity index (χ3n) is 0.907. The van der Waals surface area contributed by atoms with Gasteiger partial charge in [-0.15, -0.1) is 0 Å². The van der Waals surface area contributed by atoms with Gasteiger partial charge in [0.05, 0.1) is 6.21 Å². The second-order valence-electron chi connectivity index (χ2n) is 1.71. The lowest BCUT2D eigenvalue weighted by atomic mass is 10.1. The van der Waals surface area contributed by atoms with Crippen molar-refractivity contribution in [2.24, 2.45) is 0 Å². The standard InChI is InChI=1S/C4H7NO5/c5-1-3(7,8)4(9,10)2-6/h1-2,5,7-10H. The minimum Gasteiger partial charge on any atom is -0.357 e. The van der Waals surface area contributed by atoms with E-state index in [-0.39, 0.29) is 6.21 Å². The second-order valence-corrected chi connectivity index (χ2v) is 1.71. The molecule has 0 aromatic carbocycles. The van der Waals surface area contributed by atoms with Gasteiger partial charge in [-0.05, 0) is 0 Å². The van der Waals surface area contributed by atoms with E-state index in [0.29, 0.717) is 0 Å². The molecule has 0 aliphatic heterocycles. The highest BCUT2D eigenvalue weighted by Crippen LogP contribution is 2.10. The number of carbonyl (C=O) groups excluding carboxylic acids is 1. The van der Waals surface area contributed by atoms with Crippen LogP contribution in [0.1, 0.15) is 0 Å². The molecule has 0 radical (unpaired) electrons. The molecular weight excluding hydrogens is 142 g/mol. The number of aldehydes is 1. The Balaban J connectivity index is 4.59. The van der Waals surface area contributed by atoms with E-state index in [9.17, 15) is 4.79 Å². The van der Waals surface area contributed by atoms with Gasteiger partial charge in [0.25, 0.3) is 11.6 Å². The Morgan fingerprint density at radius 2 is 1.50 bits per heavy atom. The van der Waals surface area contributed by atoms with Crippen LogP contribution in [-0.2, 0) is 4.79 Å². The minimum absolute atomic E-state index is 0.0681. The number of aliphatic hydroxyl groups is 4. The summed E-state index contributed by atoms with van der Waals surface area (Å²) in [5.41, 5.74) is 0. The molecule has 0 aromatic rings. The SMILES string of the molecule is N=CC(O)(O)C(O)(O)C=O. The van der Waals surface area contributed by atoms with Crippen LogP contribution in [-0.4, -0.2) is 44.5 Å². The summed E-state index contributed by atoms with van der Waals surface area (Å²) in [6.07, 6.45) is -0.556. The molecule has 0 aliphatic carbocycles. The number of rotatable bonds is 3. The Hall–Kier alpha value is -0.820. The first-order chi connectivity index (χ1) is 4.37. The van der Waals surface area contributed by atoms with Crippen molar-refractivity contribution in [2.45, 2.75) is 11.6 Å². The molecule has 0 atom stereocenters. The second kappa shape index (κ2) is 2.43. The van der Waals surface area contributed by atoms with Gasteiger partial charge >= 0.3 is 0 Å². The summed E-state index contributed by atoms with van der Waals surface area (Å²) < 4.78 is 0. The lowest BCUT2D eigenvalue weighted by molar-refractivity contribution is -0.294. The van der Waals surface area contributed by atoms with Crippen molar-refractivity contribution in [3.05, 3.63) is 0 Å². The smallest absolute Gasteiger partial charge is 0.282 e. The summed E-state index contributed by atoms with van der Waals surface area (Å²) in [5.74, 6) is -6.55. The molecule has 0 aliphatic rings. The first kappa shape index (κ1) is 9.18. The van der Waals surface area contributed by atoms with Gasteiger partial charge in [0.2, 0.25) is 0 Å². The quantitative estimate of drug-likeness (QED) is 0.168. The zero-order valence-corrected chi connectivity index (χ0v) is 4.85. The highest BCUT2D eigenvalue weighted by molar-refractivity contribution is 5.74. The first-order valence-electron chi connectivity index (χ1n) is 2.25. The molecule has 58 valence electrons. The Morgan fingerprint density at radius 3 is 1.60 bits per heavy atom. The molecule has 5 N–H and O–H groups in total. The molecule has 0 bridgehead atoms. The fourth-order valence-corrected chi connectivity index (χ4v) is 0.193. The molecular formula is C4H7NO5. The van der Waals surface area contributed by atoms with Crippen LogP contribution >= 0.6 is 0 Å². The highest BCUT2D eigenvalue weighted by atomic mass is 16.6. The van der Waals surface area contributed by atoms with E-state index in [1.165, 1.54) is 0 Å². The Kier molecular flexibility index (Phi) is 2.23. The van der Waals surface area contributed by atoms with Crippen molar-refractivity contribution in [1.82, 2.24) is 0 Å². The lowest BCUT2D eigenvalue weighted by Crippen LogP contribution is -2.56. The zero-order valence-electron chi connectivity index (χ0n) is 4.85. The molecule has 0 rings (SSSR count). The van der Waals surface area contributed by atoms with Crippen LogP contribution in [0.15, 0.2) is 0 Å². The van der Waals surface area contributed by atoms with Crippen molar-refractivity contribution < 1.29 is 25.2 Å². The van der Waals surface area contributed by atoms with Gasteiger partial charge in [0, 0.05) is 0 Å². The molecule has 0 heterocycles. The molecule has 0 unspecified atom stereocenters. The van der Waals surface area contributed by atoms with Gasteiger partial charge in [-0.2, -0.15) is 0 Å². The average molecular weight is 149 g/mol. The van der Waals surface area contributed by atoms with Gasteiger partial charge in [-0.25, -0.2) is 0 Å². The number of hydrogen-bond donors (Lipinski definition) is 5. The van der Waals surface area contributed by atoms with E-state index in [1.54, 1.807) is 0 Å². The van der Waals surface area contributed by atoms with Crippen molar-refractivity contribution in [3.63, 3.8) is 0 Å². The van der Waals surface area contributed by atoms with Crippen LogP contribution in [0.2, 0.25) is 0 Å². The Bertz CT molecular complexity index is 134. The van der Waals surface area contributed by atoms with E-state index >= 15 is 0 Å². The monoisotopic (exact) mass is 149 g/mol.